The Hall–Kier alpha value is -3.25. The van der Waals surface area contributed by atoms with Gasteiger partial charge in [-0.05, 0) is 62.2 Å². The molecule has 32 heavy (non-hydrogen) atoms. The van der Waals surface area contributed by atoms with Crippen LogP contribution >= 0.6 is 11.6 Å². The van der Waals surface area contributed by atoms with Crippen LogP contribution in [0.15, 0.2) is 53.1 Å². The van der Waals surface area contributed by atoms with Crippen molar-refractivity contribution >= 4 is 17.4 Å². The molecule has 0 saturated heterocycles. The van der Waals surface area contributed by atoms with Crippen LogP contribution in [0.3, 0.4) is 0 Å². The van der Waals surface area contributed by atoms with Crippen LogP contribution in [0.5, 0.6) is 0 Å². The molecule has 7 heteroatoms. The smallest absolute Gasteiger partial charge is 0.170 e. The van der Waals surface area contributed by atoms with Gasteiger partial charge in [-0.15, -0.1) is 0 Å². The van der Waals surface area contributed by atoms with Crippen LogP contribution in [0.25, 0.3) is 11.3 Å². The Bertz CT molecular complexity index is 1270. The molecule has 162 valence electrons. The van der Waals surface area contributed by atoms with Crippen LogP contribution in [0.1, 0.15) is 33.9 Å². The van der Waals surface area contributed by atoms with Gasteiger partial charge in [0.05, 0.1) is 6.54 Å². The fraction of sp³-hybridized carbons (Fsp3) is 0.240. The van der Waals surface area contributed by atoms with Gasteiger partial charge in [0, 0.05) is 40.4 Å². The Kier molecular flexibility index (Phi) is 5.39. The van der Waals surface area contributed by atoms with E-state index in [2.05, 4.69) is 15.0 Å². The maximum absolute atomic E-state index is 13.3. The van der Waals surface area contributed by atoms with Crippen molar-refractivity contribution in [3.05, 3.63) is 93.3 Å². The van der Waals surface area contributed by atoms with Crippen molar-refractivity contribution in [1.29, 1.82) is 0 Å². The lowest BCUT2D eigenvalue weighted by Crippen LogP contribution is -2.32. The third-order valence-electron chi connectivity index (χ3n) is 5.85. The standard InChI is InChI=1S/C25H22ClFN4O/c1-15-22(13-17-3-7-19(26)8-4-17)25(29-16(2)28-15)31-12-11-21-23(14-31)30-32-24(21)18-5-9-20(27)10-6-18/h3-10H,11-14H2,1-2H3. The van der Waals surface area contributed by atoms with Gasteiger partial charge in [-0.2, -0.15) is 0 Å². The van der Waals surface area contributed by atoms with Crippen LogP contribution in [0.4, 0.5) is 10.2 Å². The molecule has 0 saturated carbocycles. The van der Waals surface area contributed by atoms with Crippen molar-refractivity contribution in [1.82, 2.24) is 15.1 Å². The highest BCUT2D eigenvalue weighted by Gasteiger charge is 2.27. The summed E-state index contributed by atoms with van der Waals surface area (Å²) < 4.78 is 19.0. The molecule has 2 aromatic carbocycles. The summed E-state index contributed by atoms with van der Waals surface area (Å²) in [7, 11) is 0. The zero-order chi connectivity index (χ0) is 22.2. The van der Waals surface area contributed by atoms with E-state index in [1.807, 2.05) is 38.1 Å². The number of hydrogen-bond donors (Lipinski definition) is 0. The van der Waals surface area contributed by atoms with Gasteiger partial charge in [-0.25, -0.2) is 14.4 Å². The molecule has 0 amide bonds. The Morgan fingerprint density at radius 1 is 1.03 bits per heavy atom. The van der Waals surface area contributed by atoms with E-state index in [4.69, 9.17) is 21.1 Å². The molecule has 5 rings (SSSR count). The molecule has 0 unspecified atom stereocenters. The third kappa shape index (κ3) is 3.98. The predicted molar refractivity (Wildman–Crippen MR) is 122 cm³/mol. The summed E-state index contributed by atoms with van der Waals surface area (Å²) >= 11 is 6.05. The highest BCUT2D eigenvalue weighted by Crippen LogP contribution is 2.33. The van der Waals surface area contributed by atoms with Gasteiger partial charge in [0.2, 0.25) is 0 Å². The second-order valence-electron chi connectivity index (χ2n) is 8.08. The fourth-order valence-electron chi connectivity index (χ4n) is 4.23. The zero-order valence-electron chi connectivity index (χ0n) is 17.9. The minimum absolute atomic E-state index is 0.268. The van der Waals surface area contributed by atoms with E-state index in [1.165, 1.54) is 12.1 Å². The first-order valence-electron chi connectivity index (χ1n) is 10.5. The molecule has 4 aromatic rings. The SMILES string of the molecule is Cc1nc(C)c(Cc2ccc(Cl)cc2)c(N2CCc3c(noc3-c3ccc(F)cc3)C2)n1. The lowest BCUT2D eigenvalue weighted by Gasteiger charge is -2.29. The average Bonchev–Trinajstić information content (AvgIpc) is 3.20. The molecule has 2 aromatic heterocycles. The average molecular weight is 449 g/mol. The lowest BCUT2D eigenvalue weighted by atomic mass is 9.99. The van der Waals surface area contributed by atoms with Crippen molar-refractivity contribution < 1.29 is 8.91 Å². The maximum atomic E-state index is 13.3. The number of nitrogens with zero attached hydrogens (tertiary/aromatic N) is 4. The summed E-state index contributed by atoms with van der Waals surface area (Å²) in [5.74, 6) is 2.13. The third-order valence-corrected chi connectivity index (χ3v) is 6.10. The van der Waals surface area contributed by atoms with E-state index in [-0.39, 0.29) is 5.82 Å². The molecule has 5 nitrogen and oxygen atoms in total. The first kappa shape index (κ1) is 20.6. The summed E-state index contributed by atoms with van der Waals surface area (Å²) in [5, 5.41) is 5.05. The van der Waals surface area contributed by atoms with E-state index < -0.39 is 0 Å². The Morgan fingerprint density at radius 2 is 1.78 bits per heavy atom. The van der Waals surface area contributed by atoms with Crippen molar-refractivity contribution in [2.75, 3.05) is 11.4 Å². The summed E-state index contributed by atoms with van der Waals surface area (Å²) in [5.41, 5.74) is 6.04. The second kappa shape index (κ2) is 8.36. The minimum Gasteiger partial charge on any atom is -0.356 e. The fourth-order valence-corrected chi connectivity index (χ4v) is 4.36. The molecular weight excluding hydrogens is 427 g/mol. The number of aromatic nitrogens is 3. The zero-order valence-corrected chi connectivity index (χ0v) is 18.7. The van der Waals surface area contributed by atoms with Crippen LogP contribution in [0.2, 0.25) is 5.02 Å². The molecular formula is C25H22ClFN4O. The molecule has 0 bridgehead atoms. The Morgan fingerprint density at radius 3 is 2.53 bits per heavy atom. The van der Waals surface area contributed by atoms with Crippen molar-refractivity contribution in [3.8, 4) is 11.3 Å². The van der Waals surface area contributed by atoms with Crippen LogP contribution in [0, 0.1) is 19.7 Å². The Labute approximate surface area is 190 Å². The van der Waals surface area contributed by atoms with Gasteiger partial charge in [-0.3, -0.25) is 0 Å². The predicted octanol–water partition coefficient (Wildman–Crippen LogP) is 5.69. The van der Waals surface area contributed by atoms with Crippen LogP contribution in [-0.2, 0) is 19.4 Å². The molecule has 0 aliphatic carbocycles. The van der Waals surface area contributed by atoms with Gasteiger partial charge in [0.15, 0.2) is 5.76 Å². The lowest BCUT2D eigenvalue weighted by molar-refractivity contribution is 0.423. The molecule has 0 fully saturated rings. The number of anilines is 1. The molecule has 1 aliphatic rings. The molecule has 0 atom stereocenters. The maximum Gasteiger partial charge on any atom is 0.170 e. The quantitative estimate of drug-likeness (QED) is 0.401. The summed E-state index contributed by atoms with van der Waals surface area (Å²) in [6.45, 7) is 5.33. The largest absolute Gasteiger partial charge is 0.356 e. The summed E-state index contributed by atoms with van der Waals surface area (Å²) in [4.78, 5) is 11.7. The van der Waals surface area contributed by atoms with Crippen LogP contribution in [-0.4, -0.2) is 21.7 Å². The molecule has 1 aliphatic heterocycles. The first-order chi connectivity index (χ1) is 15.5. The second-order valence-corrected chi connectivity index (χ2v) is 8.51. The highest BCUT2D eigenvalue weighted by molar-refractivity contribution is 6.30. The van der Waals surface area contributed by atoms with Crippen molar-refractivity contribution in [2.24, 2.45) is 0 Å². The number of halogens is 2. The van der Waals surface area contributed by atoms with Crippen LogP contribution < -0.4 is 4.90 Å². The van der Waals surface area contributed by atoms with E-state index >= 15 is 0 Å². The topological polar surface area (TPSA) is 55.1 Å². The van der Waals surface area contributed by atoms with Gasteiger partial charge < -0.3 is 9.42 Å². The van der Waals surface area contributed by atoms with E-state index in [0.29, 0.717) is 6.54 Å². The van der Waals surface area contributed by atoms with Gasteiger partial charge in [0.1, 0.15) is 23.2 Å². The number of hydrogen-bond acceptors (Lipinski definition) is 5. The first-order valence-corrected chi connectivity index (χ1v) is 10.9. The number of aryl methyl sites for hydroxylation is 2. The Balaban J connectivity index is 1.46. The van der Waals surface area contributed by atoms with Gasteiger partial charge >= 0.3 is 0 Å². The van der Waals surface area contributed by atoms with Gasteiger partial charge in [0.25, 0.3) is 0 Å². The summed E-state index contributed by atoms with van der Waals surface area (Å²) in [6, 6.07) is 14.2. The normalized spacial score (nSPS) is 13.3. The van der Waals surface area contributed by atoms with E-state index in [9.17, 15) is 4.39 Å². The summed E-state index contributed by atoms with van der Waals surface area (Å²) in [6.07, 6.45) is 1.50. The van der Waals surface area contributed by atoms with Crippen molar-refractivity contribution in [3.63, 3.8) is 0 Å². The number of rotatable bonds is 4. The number of fused-ring (bicyclic) bond motifs is 1. The molecule has 0 spiro atoms. The van der Waals surface area contributed by atoms with E-state index in [1.54, 1.807) is 12.1 Å². The molecule has 0 radical (unpaired) electrons. The molecule has 0 N–H and O–H groups in total. The number of benzene rings is 2. The monoisotopic (exact) mass is 448 g/mol. The van der Waals surface area contributed by atoms with E-state index in [0.717, 1.165) is 75.5 Å². The van der Waals surface area contributed by atoms with Gasteiger partial charge in [-0.1, -0.05) is 28.9 Å². The molecule has 3 heterocycles. The minimum atomic E-state index is -0.268. The highest BCUT2D eigenvalue weighted by atomic mass is 35.5. The van der Waals surface area contributed by atoms with Crippen molar-refractivity contribution in [2.45, 2.75) is 33.2 Å².